The minimum Gasteiger partial charge on any atom is -0.472 e. The van der Waals surface area contributed by atoms with Crippen LogP contribution in [0.15, 0.2) is 42.6 Å². The number of nitriles is 1. The van der Waals surface area contributed by atoms with Crippen molar-refractivity contribution in [2.75, 3.05) is 19.9 Å². The van der Waals surface area contributed by atoms with Crippen molar-refractivity contribution in [2.24, 2.45) is 0 Å². The van der Waals surface area contributed by atoms with Gasteiger partial charge in [-0.1, -0.05) is 6.07 Å². The molecule has 1 fully saturated rings. The Kier molecular flexibility index (Phi) is 4.62. The number of carbonyl (C=O) groups excluding carboxylic acids is 1. The number of hydrogen-bond acceptors (Lipinski definition) is 6. The second-order valence-corrected chi connectivity index (χ2v) is 6.25. The van der Waals surface area contributed by atoms with E-state index in [9.17, 15) is 4.79 Å². The van der Waals surface area contributed by atoms with E-state index in [1.165, 1.54) is 0 Å². The fraction of sp³-hybridized carbons (Fsp3) is 0.250. The highest BCUT2D eigenvalue weighted by atomic mass is 16.7. The Hall–Kier alpha value is -3.53. The number of ether oxygens (including phenoxy) is 3. The summed E-state index contributed by atoms with van der Waals surface area (Å²) in [5.41, 5.74) is 1.37. The fourth-order valence-electron chi connectivity index (χ4n) is 3.03. The van der Waals surface area contributed by atoms with Crippen molar-refractivity contribution >= 4 is 12.0 Å². The van der Waals surface area contributed by atoms with Crippen molar-refractivity contribution in [3.63, 3.8) is 0 Å². The lowest BCUT2D eigenvalue weighted by Crippen LogP contribution is -2.29. The van der Waals surface area contributed by atoms with E-state index >= 15 is 0 Å². The smallest absolute Gasteiger partial charge is 0.246 e. The Morgan fingerprint density at radius 1 is 1.30 bits per heavy atom. The van der Waals surface area contributed by atoms with Crippen molar-refractivity contribution in [1.29, 1.82) is 5.26 Å². The van der Waals surface area contributed by atoms with Crippen molar-refractivity contribution in [3.8, 4) is 23.4 Å². The molecule has 0 bridgehead atoms. The maximum atomic E-state index is 12.4. The molecule has 7 heteroatoms. The first-order chi connectivity index (χ1) is 13.2. The highest BCUT2D eigenvalue weighted by molar-refractivity contribution is 5.92. The third-order valence-corrected chi connectivity index (χ3v) is 4.42. The van der Waals surface area contributed by atoms with Crippen LogP contribution < -0.4 is 14.2 Å². The van der Waals surface area contributed by atoms with Crippen molar-refractivity contribution in [3.05, 3.63) is 53.7 Å². The molecule has 1 saturated heterocycles. The number of fused-ring (bicyclic) bond motifs is 1. The van der Waals surface area contributed by atoms with Crippen LogP contribution in [0.1, 0.15) is 17.5 Å². The monoisotopic (exact) mass is 363 g/mol. The van der Waals surface area contributed by atoms with Gasteiger partial charge in [-0.15, -0.1) is 0 Å². The van der Waals surface area contributed by atoms with Crippen LogP contribution in [-0.4, -0.2) is 41.8 Å². The number of nitrogens with zero attached hydrogens (tertiary/aromatic N) is 3. The predicted octanol–water partition coefficient (Wildman–Crippen LogP) is 2.38. The molecule has 136 valence electrons. The molecule has 3 heterocycles. The summed E-state index contributed by atoms with van der Waals surface area (Å²) in [5.74, 6) is 1.74. The van der Waals surface area contributed by atoms with E-state index in [1.807, 2.05) is 18.2 Å². The second kappa shape index (κ2) is 7.38. The van der Waals surface area contributed by atoms with E-state index in [0.717, 1.165) is 12.0 Å². The topological polar surface area (TPSA) is 84.7 Å². The van der Waals surface area contributed by atoms with Crippen molar-refractivity contribution < 1.29 is 19.0 Å². The van der Waals surface area contributed by atoms with E-state index in [0.29, 0.717) is 36.0 Å². The third-order valence-electron chi connectivity index (χ3n) is 4.42. The quantitative estimate of drug-likeness (QED) is 0.776. The van der Waals surface area contributed by atoms with Crippen molar-refractivity contribution in [2.45, 2.75) is 12.5 Å². The molecule has 0 N–H and O–H groups in total. The number of hydrogen-bond donors (Lipinski definition) is 0. The average Bonchev–Trinajstić information content (AvgIpc) is 3.35. The van der Waals surface area contributed by atoms with Crippen LogP contribution in [0.5, 0.6) is 17.4 Å². The summed E-state index contributed by atoms with van der Waals surface area (Å²) in [7, 11) is 0. The Morgan fingerprint density at radius 2 is 2.19 bits per heavy atom. The van der Waals surface area contributed by atoms with E-state index in [-0.39, 0.29) is 18.8 Å². The summed E-state index contributed by atoms with van der Waals surface area (Å²) in [4.78, 5) is 18.3. The molecule has 7 nitrogen and oxygen atoms in total. The Morgan fingerprint density at radius 3 is 3.07 bits per heavy atom. The number of aromatic nitrogens is 1. The minimum absolute atomic E-state index is 0.0718. The number of likely N-dealkylation sites (tertiary alicyclic amines) is 1. The van der Waals surface area contributed by atoms with Crippen LogP contribution in [0.25, 0.3) is 6.08 Å². The highest BCUT2D eigenvalue weighted by Gasteiger charge is 2.26. The lowest BCUT2D eigenvalue weighted by molar-refractivity contribution is -0.125. The van der Waals surface area contributed by atoms with Gasteiger partial charge in [-0.3, -0.25) is 4.79 Å². The third kappa shape index (κ3) is 3.85. The molecule has 1 unspecified atom stereocenters. The maximum Gasteiger partial charge on any atom is 0.246 e. The molecule has 2 aromatic rings. The fourth-order valence-corrected chi connectivity index (χ4v) is 3.03. The SMILES string of the molecule is N#Cc1ccnc(OC2CCN(C(=O)/C=C/c3ccc4c(c3)OCO4)C2)c1. The molecule has 2 aliphatic rings. The second-order valence-electron chi connectivity index (χ2n) is 6.25. The molecule has 0 saturated carbocycles. The zero-order valence-electron chi connectivity index (χ0n) is 14.5. The van der Waals surface area contributed by atoms with Gasteiger partial charge in [-0.2, -0.15) is 5.26 Å². The van der Waals surface area contributed by atoms with Gasteiger partial charge < -0.3 is 19.1 Å². The van der Waals surface area contributed by atoms with Crippen LogP contribution in [0, 0.1) is 11.3 Å². The lowest BCUT2D eigenvalue weighted by atomic mass is 10.2. The van der Waals surface area contributed by atoms with Gasteiger partial charge in [0.1, 0.15) is 6.10 Å². The summed E-state index contributed by atoms with van der Waals surface area (Å²) in [6, 6.07) is 10.8. The van der Waals surface area contributed by atoms with Crippen LogP contribution >= 0.6 is 0 Å². The van der Waals surface area contributed by atoms with Gasteiger partial charge in [0.15, 0.2) is 11.5 Å². The first-order valence-electron chi connectivity index (χ1n) is 8.61. The summed E-state index contributed by atoms with van der Waals surface area (Å²) in [6.07, 6.45) is 5.45. The molecule has 0 spiro atoms. The van der Waals surface area contributed by atoms with Gasteiger partial charge in [-0.25, -0.2) is 4.98 Å². The van der Waals surface area contributed by atoms with Crippen molar-refractivity contribution in [1.82, 2.24) is 9.88 Å². The number of rotatable bonds is 4. The van der Waals surface area contributed by atoms with Gasteiger partial charge in [0.05, 0.1) is 18.2 Å². The minimum atomic E-state index is -0.130. The number of amides is 1. The van der Waals surface area contributed by atoms with E-state index in [4.69, 9.17) is 19.5 Å². The number of carbonyl (C=O) groups is 1. The Balaban J connectivity index is 1.34. The lowest BCUT2D eigenvalue weighted by Gasteiger charge is -2.15. The zero-order chi connectivity index (χ0) is 18.6. The summed E-state index contributed by atoms with van der Waals surface area (Å²) >= 11 is 0. The molecule has 1 atom stereocenters. The van der Waals surface area contributed by atoms with Gasteiger partial charge in [0.2, 0.25) is 18.6 Å². The molecule has 1 amide bonds. The van der Waals surface area contributed by atoms with Gasteiger partial charge in [0.25, 0.3) is 0 Å². The molecular formula is C20H17N3O4. The molecule has 2 aliphatic heterocycles. The Bertz CT molecular complexity index is 935. The molecular weight excluding hydrogens is 346 g/mol. The zero-order valence-corrected chi connectivity index (χ0v) is 14.5. The van der Waals surface area contributed by atoms with Crippen LogP contribution in [-0.2, 0) is 4.79 Å². The van der Waals surface area contributed by atoms with Crippen LogP contribution in [0.4, 0.5) is 0 Å². The summed E-state index contributed by atoms with van der Waals surface area (Å²) < 4.78 is 16.4. The standard InChI is InChI=1S/C20H17N3O4/c21-11-15-5-7-22-19(10-15)27-16-6-8-23(12-16)20(24)4-2-14-1-3-17-18(9-14)26-13-25-17/h1-5,7,9-10,16H,6,8,12-13H2/b4-2+. The largest absolute Gasteiger partial charge is 0.472 e. The van der Waals surface area contributed by atoms with Crippen LogP contribution in [0.3, 0.4) is 0 Å². The molecule has 4 rings (SSSR count). The predicted molar refractivity (Wildman–Crippen MR) is 96.2 cm³/mol. The average molecular weight is 363 g/mol. The van der Waals surface area contributed by atoms with Crippen LogP contribution in [0.2, 0.25) is 0 Å². The first-order valence-corrected chi connectivity index (χ1v) is 8.61. The van der Waals surface area contributed by atoms with E-state index in [2.05, 4.69) is 11.1 Å². The molecule has 0 radical (unpaired) electrons. The van der Waals surface area contributed by atoms with E-state index < -0.39 is 0 Å². The summed E-state index contributed by atoms with van der Waals surface area (Å²) in [6.45, 7) is 1.33. The number of benzene rings is 1. The normalized spacial score (nSPS) is 17.9. The van der Waals surface area contributed by atoms with Gasteiger partial charge in [-0.05, 0) is 29.8 Å². The molecule has 27 heavy (non-hydrogen) atoms. The molecule has 0 aliphatic carbocycles. The number of pyridine rings is 1. The molecule has 1 aromatic carbocycles. The first kappa shape index (κ1) is 16.9. The van der Waals surface area contributed by atoms with Gasteiger partial charge >= 0.3 is 0 Å². The highest BCUT2D eigenvalue weighted by Crippen LogP contribution is 2.32. The summed E-state index contributed by atoms with van der Waals surface area (Å²) in [5, 5.41) is 8.93. The van der Waals surface area contributed by atoms with E-state index in [1.54, 1.807) is 35.4 Å². The van der Waals surface area contributed by atoms with Gasteiger partial charge in [0, 0.05) is 31.3 Å². The Labute approximate surface area is 156 Å². The maximum absolute atomic E-state index is 12.4. The molecule has 1 aromatic heterocycles.